The minimum atomic E-state index is -0.242. The van der Waals surface area contributed by atoms with Crippen LogP contribution in [0.15, 0.2) is 78.9 Å². The van der Waals surface area contributed by atoms with Gasteiger partial charge in [-0.1, -0.05) is 54.6 Å². The zero-order chi connectivity index (χ0) is 27.0. The lowest BCUT2D eigenvalue weighted by molar-refractivity contribution is 0.112. The van der Waals surface area contributed by atoms with Gasteiger partial charge in [0.05, 0.1) is 27.0 Å². The van der Waals surface area contributed by atoms with Crippen molar-refractivity contribution >= 4 is 6.08 Å². The molecule has 9 heteroatoms. The third-order valence-electron chi connectivity index (χ3n) is 7.03. The van der Waals surface area contributed by atoms with Gasteiger partial charge in [-0.2, -0.15) is 4.68 Å². The second kappa shape index (κ2) is 12.6. The molecule has 1 aliphatic heterocycles. The molecule has 1 unspecified atom stereocenters. The fourth-order valence-electron chi connectivity index (χ4n) is 5.00. The molecule has 0 bridgehead atoms. The number of benzene rings is 3. The van der Waals surface area contributed by atoms with Crippen molar-refractivity contribution in [3.05, 3.63) is 95.8 Å². The largest absolute Gasteiger partial charge is 0.497 e. The van der Waals surface area contributed by atoms with Gasteiger partial charge in [-0.15, -0.1) is 5.10 Å². The van der Waals surface area contributed by atoms with Crippen LogP contribution in [0.5, 0.6) is 17.2 Å². The second-order valence-electron chi connectivity index (χ2n) is 9.28. The van der Waals surface area contributed by atoms with Gasteiger partial charge >= 0.3 is 0 Å². The van der Waals surface area contributed by atoms with Crippen LogP contribution >= 0.6 is 0 Å². The minimum Gasteiger partial charge on any atom is -0.497 e. The van der Waals surface area contributed by atoms with Gasteiger partial charge in [0.1, 0.15) is 11.8 Å². The Morgan fingerprint density at radius 2 is 1.59 bits per heavy atom. The summed E-state index contributed by atoms with van der Waals surface area (Å²) < 4.78 is 18.6. The predicted octanol–water partition coefficient (Wildman–Crippen LogP) is 4.11. The molecule has 39 heavy (non-hydrogen) atoms. The van der Waals surface area contributed by atoms with Crippen molar-refractivity contribution in [2.75, 3.05) is 54.1 Å². The molecule has 1 saturated heterocycles. The number of tetrazole rings is 1. The number of piperazine rings is 1. The summed E-state index contributed by atoms with van der Waals surface area (Å²) in [5, 5.41) is 13.0. The van der Waals surface area contributed by atoms with Gasteiger partial charge in [0.15, 0.2) is 17.3 Å². The summed E-state index contributed by atoms with van der Waals surface area (Å²) in [4.78, 5) is 4.88. The molecule has 1 fully saturated rings. The number of hydrogen-bond donors (Lipinski definition) is 0. The van der Waals surface area contributed by atoms with Crippen molar-refractivity contribution in [3.63, 3.8) is 0 Å². The number of ether oxygens (including phenoxy) is 3. The molecule has 1 atom stereocenters. The fourth-order valence-corrected chi connectivity index (χ4v) is 5.00. The summed E-state index contributed by atoms with van der Waals surface area (Å²) in [6, 6.07) is 23.8. The molecule has 4 aromatic rings. The quantitative estimate of drug-likeness (QED) is 0.306. The number of para-hydroxylation sites is 1. The molecule has 3 aromatic carbocycles. The molecule has 2 heterocycles. The second-order valence-corrected chi connectivity index (χ2v) is 9.28. The number of hydrogen-bond acceptors (Lipinski definition) is 8. The first-order valence-corrected chi connectivity index (χ1v) is 13.0. The maximum atomic E-state index is 5.86. The van der Waals surface area contributed by atoms with Gasteiger partial charge in [0.2, 0.25) is 0 Å². The highest BCUT2D eigenvalue weighted by Crippen LogP contribution is 2.40. The summed E-state index contributed by atoms with van der Waals surface area (Å²) in [7, 11) is 4.97. The Kier molecular flexibility index (Phi) is 8.50. The van der Waals surface area contributed by atoms with Crippen molar-refractivity contribution < 1.29 is 14.2 Å². The number of rotatable bonds is 10. The summed E-state index contributed by atoms with van der Waals surface area (Å²) in [6.45, 7) is 4.44. The van der Waals surface area contributed by atoms with Gasteiger partial charge in [-0.25, -0.2) is 0 Å². The molecular weight excluding hydrogens is 492 g/mol. The van der Waals surface area contributed by atoms with E-state index in [1.54, 1.807) is 26.0 Å². The van der Waals surface area contributed by atoms with Crippen molar-refractivity contribution in [1.29, 1.82) is 0 Å². The van der Waals surface area contributed by atoms with Crippen LogP contribution in [0.3, 0.4) is 0 Å². The fraction of sp³-hybridized carbons (Fsp3) is 0.300. The smallest absolute Gasteiger partial charge is 0.178 e. The van der Waals surface area contributed by atoms with E-state index in [4.69, 9.17) is 14.2 Å². The highest BCUT2D eigenvalue weighted by Gasteiger charge is 2.33. The Balaban J connectivity index is 1.43. The number of nitrogens with zero attached hydrogens (tertiary/aromatic N) is 6. The minimum absolute atomic E-state index is 0.242. The molecule has 1 aromatic heterocycles. The SMILES string of the molecule is COc1ccc(-n2nnnc2C(c2cccc(OC)c2OC)N2CCN(C/C=C/c3ccccc3)CC2)cc1. The summed E-state index contributed by atoms with van der Waals surface area (Å²) >= 11 is 0. The van der Waals surface area contributed by atoms with Gasteiger partial charge < -0.3 is 14.2 Å². The lowest BCUT2D eigenvalue weighted by atomic mass is 10.0. The highest BCUT2D eigenvalue weighted by atomic mass is 16.5. The highest BCUT2D eigenvalue weighted by molar-refractivity contribution is 5.51. The van der Waals surface area contributed by atoms with E-state index in [1.807, 2.05) is 42.5 Å². The average Bonchev–Trinajstić information content (AvgIpc) is 3.48. The topological polar surface area (TPSA) is 77.8 Å². The van der Waals surface area contributed by atoms with E-state index in [-0.39, 0.29) is 6.04 Å². The predicted molar refractivity (Wildman–Crippen MR) is 151 cm³/mol. The third-order valence-corrected chi connectivity index (χ3v) is 7.03. The lowest BCUT2D eigenvalue weighted by Gasteiger charge is -2.39. The van der Waals surface area contributed by atoms with Crippen molar-refractivity contribution in [1.82, 2.24) is 30.0 Å². The van der Waals surface area contributed by atoms with Crippen molar-refractivity contribution in [3.8, 4) is 22.9 Å². The molecule has 0 saturated carbocycles. The standard InChI is InChI=1S/C30H34N6O3/c1-37-25-16-14-24(15-17-25)36-30(31-32-33-36)28(26-12-7-13-27(38-2)29(26)39-3)35-21-19-34(20-22-35)18-8-11-23-9-5-4-6-10-23/h4-17,28H,18-22H2,1-3H3/b11-8+. The van der Waals surface area contributed by atoms with E-state index in [0.717, 1.165) is 49.7 Å². The van der Waals surface area contributed by atoms with Crippen LogP contribution in [-0.4, -0.2) is 84.1 Å². The molecule has 9 nitrogen and oxygen atoms in total. The normalized spacial score (nSPS) is 15.4. The third kappa shape index (κ3) is 5.94. The van der Waals surface area contributed by atoms with Gasteiger partial charge in [-0.05, 0) is 46.3 Å². The Bertz CT molecular complexity index is 1370. The average molecular weight is 527 g/mol. The van der Waals surface area contributed by atoms with Crippen LogP contribution in [-0.2, 0) is 0 Å². The lowest BCUT2D eigenvalue weighted by Crippen LogP contribution is -2.48. The van der Waals surface area contributed by atoms with E-state index in [1.165, 1.54) is 5.56 Å². The van der Waals surface area contributed by atoms with E-state index < -0.39 is 0 Å². The van der Waals surface area contributed by atoms with E-state index in [9.17, 15) is 0 Å². The molecule has 5 rings (SSSR count). The molecule has 202 valence electrons. The summed E-state index contributed by atoms with van der Waals surface area (Å²) in [5.41, 5.74) is 3.03. The van der Waals surface area contributed by atoms with Gasteiger partial charge in [0.25, 0.3) is 0 Å². The van der Waals surface area contributed by atoms with Crippen molar-refractivity contribution in [2.45, 2.75) is 6.04 Å². The number of aromatic nitrogens is 4. The Morgan fingerprint density at radius 3 is 2.28 bits per heavy atom. The summed E-state index contributed by atoms with van der Waals surface area (Å²) in [6.07, 6.45) is 4.41. The van der Waals surface area contributed by atoms with Crippen LogP contribution in [0.2, 0.25) is 0 Å². The first-order valence-electron chi connectivity index (χ1n) is 13.0. The van der Waals surface area contributed by atoms with E-state index in [2.05, 4.69) is 67.8 Å². The zero-order valence-electron chi connectivity index (χ0n) is 22.6. The molecule has 0 N–H and O–H groups in total. The molecule has 1 aliphatic rings. The van der Waals surface area contributed by atoms with Crippen LogP contribution in [0, 0.1) is 0 Å². The van der Waals surface area contributed by atoms with E-state index in [0.29, 0.717) is 17.3 Å². The Morgan fingerprint density at radius 1 is 0.821 bits per heavy atom. The maximum Gasteiger partial charge on any atom is 0.178 e. The van der Waals surface area contributed by atoms with Gasteiger partial charge in [-0.3, -0.25) is 9.80 Å². The monoisotopic (exact) mass is 526 g/mol. The van der Waals surface area contributed by atoms with Crippen LogP contribution in [0.25, 0.3) is 11.8 Å². The molecule has 0 aliphatic carbocycles. The molecule has 0 spiro atoms. The maximum absolute atomic E-state index is 5.86. The van der Waals surface area contributed by atoms with E-state index >= 15 is 0 Å². The molecule has 0 radical (unpaired) electrons. The van der Waals surface area contributed by atoms with Crippen LogP contribution in [0.4, 0.5) is 0 Å². The van der Waals surface area contributed by atoms with Gasteiger partial charge in [0, 0.05) is 38.3 Å². The number of methoxy groups -OCH3 is 3. The van der Waals surface area contributed by atoms with Crippen LogP contribution < -0.4 is 14.2 Å². The van der Waals surface area contributed by atoms with Crippen molar-refractivity contribution in [2.24, 2.45) is 0 Å². The first kappa shape index (κ1) is 26.4. The molecular formula is C30H34N6O3. The molecule has 0 amide bonds. The summed E-state index contributed by atoms with van der Waals surface area (Å²) in [5.74, 6) is 2.84. The zero-order valence-corrected chi connectivity index (χ0v) is 22.6. The Labute approximate surface area is 229 Å². The van der Waals surface area contributed by atoms with Crippen LogP contribution in [0.1, 0.15) is 23.0 Å². The first-order chi connectivity index (χ1) is 19.2. The Hall–Kier alpha value is -4.21.